The Morgan fingerprint density at radius 3 is 2.27 bits per heavy atom. The lowest BCUT2D eigenvalue weighted by Gasteiger charge is -2.25. The molecular formula is C11H16ClNO2. The van der Waals surface area contributed by atoms with E-state index < -0.39 is 6.61 Å². The third kappa shape index (κ3) is 4.00. The van der Waals surface area contributed by atoms with Crippen molar-refractivity contribution in [1.29, 1.82) is 0 Å². The van der Waals surface area contributed by atoms with Crippen molar-refractivity contribution < 1.29 is 26.8 Å². The normalized spacial score (nSPS) is 10.6. The number of aliphatic hydroxyl groups is 1. The number of likely N-dealkylation sites (N-methyl/N-ethyl adjacent to an activating group) is 1. The van der Waals surface area contributed by atoms with Gasteiger partial charge in [0.05, 0.1) is 14.1 Å². The largest absolute Gasteiger partial charge is 1.00 e. The van der Waals surface area contributed by atoms with E-state index in [-0.39, 0.29) is 22.8 Å². The van der Waals surface area contributed by atoms with Crippen LogP contribution >= 0.6 is 0 Å². The minimum Gasteiger partial charge on any atom is -1.00 e. The molecule has 1 amide bonds. The first-order valence-corrected chi connectivity index (χ1v) is 4.57. The Kier molecular flexibility index (Phi) is 5.50. The number of aliphatic hydroxyl groups excluding tert-OH is 1. The highest BCUT2D eigenvalue weighted by Crippen LogP contribution is 2.08. The van der Waals surface area contributed by atoms with Gasteiger partial charge in [0.1, 0.15) is 6.54 Å². The van der Waals surface area contributed by atoms with Crippen LogP contribution in [0.25, 0.3) is 0 Å². The monoisotopic (exact) mass is 229 g/mol. The van der Waals surface area contributed by atoms with Crippen LogP contribution in [0, 0.1) is 0 Å². The number of hydrogen-bond donors (Lipinski definition) is 1. The number of hydrogen-bond acceptors (Lipinski definition) is 2. The summed E-state index contributed by atoms with van der Waals surface area (Å²) in [5, 5.41) is 8.78. The van der Waals surface area contributed by atoms with Gasteiger partial charge in [-0.15, -0.1) is 0 Å². The predicted octanol–water partition coefficient (Wildman–Crippen LogP) is -2.21. The number of quaternary nitrogens is 1. The number of carbonyl (C=O) groups excluding carboxylic acids is 1. The molecule has 0 saturated heterocycles. The minimum absolute atomic E-state index is 0. The van der Waals surface area contributed by atoms with Gasteiger partial charge in [-0.2, -0.15) is 0 Å². The molecule has 15 heavy (non-hydrogen) atoms. The molecule has 0 atom stereocenters. The van der Waals surface area contributed by atoms with Crippen LogP contribution in [0.1, 0.15) is 5.56 Å². The number of amides is 1. The lowest BCUT2D eigenvalue weighted by molar-refractivity contribution is -0.828. The van der Waals surface area contributed by atoms with E-state index in [0.29, 0.717) is 6.54 Å². The Bertz CT molecular complexity index is 312. The quantitative estimate of drug-likeness (QED) is 0.597. The summed E-state index contributed by atoms with van der Waals surface area (Å²) in [6, 6.07) is 9.78. The molecule has 0 aliphatic carbocycles. The third-order valence-corrected chi connectivity index (χ3v) is 2.23. The molecule has 0 unspecified atom stereocenters. The van der Waals surface area contributed by atoms with Crippen LogP contribution in [-0.2, 0) is 11.3 Å². The smallest absolute Gasteiger partial charge is 0.339 e. The van der Waals surface area contributed by atoms with E-state index in [0.717, 1.165) is 5.56 Å². The van der Waals surface area contributed by atoms with Crippen LogP contribution in [0.3, 0.4) is 0 Å². The molecule has 1 N–H and O–H groups in total. The van der Waals surface area contributed by atoms with Gasteiger partial charge in [0, 0.05) is 5.56 Å². The molecular weight excluding hydrogens is 214 g/mol. The maximum absolute atomic E-state index is 11.4. The van der Waals surface area contributed by atoms with Crippen molar-refractivity contribution in [2.45, 2.75) is 6.54 Å². The second-order valence-electron chi connectivity index (χ2n) is 3.88. The molecule has 1 aromatic rings. The Morgan fingerprint density at radius 1 is 1.27 bits per heavy atom. The molecule has 84 valence electrons. The molecule has 4 heteroatoms. The molecule has 1 rings (SSSR count). The fourth-order valence-electron chi connectivity index (χ4n) is 1.32. The molecule has 0 aliphatic rings. The summed E-state index contributed by atoms with van der Waals surface area (Å²) >= 11 is 0. The van der Waals surface area contributed by atoms with E-state index in [2.05, 4.69) is 0 Å². The Balaban J connectivity index is 0.00000196. The molecule has 0 heterocycles. The van der Waals surface area contributed by atoms with Crippen LogP contribution in [0.15, 0.2) is 30.3 Å². The summed E-state index contributed by atoms with van der Waals surface area (Å²) in [5.41, 5.74) is 1.10. The van der Waals surface area contributed by atoms with Gasteiger partial charge in [-0.1, -0.05) is 30.3 Å². The van der Waals surface area contributed by atoms with Crippen molar-refractivity contribution in [3.8, 4) is 0 Å². The standard InChI is InChI=1S/C11H16NO2.ClH/c1-12(2,11(14)9-13)8-10-6-4-3-5-7-10;/h3-7,13H,8-9H2,1-2H3;1H/q+1;/p-1. The molecule has 0 spiro atoms. The summed E-state index contributed by atoms with van der Waals surface area (Å²) in [6.45, 7) is 0.208. The van der Waals surface area contributed by atoms with E-state index in [1.54, 1.807) is 14.1 Å². The first-order valence-electron chi connectivity index (χ1n) is 4.57. The summed E-state index contributed by atoms with van der Waals surface area (Å²) in [5.74, 6) is -0.172. The maximum Gasteiger partial charge on any atom is 0.339 e. The zero-order valence-corrected chi connectivity index (χ0v) is 9.74. The van der Waals surface area contributed by atoms with Gasteiger partial charge < -0.3 is 17.5 Å². The Hall–Kier alpha value is -0.900. The average Bonchev–Trinajstić information content (AvgIpc) is 2.17. The van der Waals surface area contributed by atoms with Crippen molar-refractivity contribution in [3.05, 3.63) is 35.9 Å². The lowest BCUT2D eigenvalue weighted by Crippen LogP contribution is -3.00. The molecule has 0 aliphatic heterocycles. The van der Waals surface area contributed by atoms with E-state index in [4.69, 9.17) is 5.11 Å². The fourth-order valence-corrected chi connectivity index (χ4v) is 1.32. The molecule has 0 fully saturated rings. The SMILES string of the molecule is C[N+](C)(Cc1ccccc1)C(=O)CO.[Cl-]. The van der Waals surface area contributed by atoms with E-state index in [1.165, 1.54) is 0 Å². The summed E-state index contributed by atoms with van der Waals surface area (Å²) in [7, 11) is 3.59. The van der Waals surface area contributed by atoms with E-state index in [1.807, 2.05) is 30.3 Å². The van der Waals surface area contributed by atoms with Crippen molar-refractivity contribution in [3.63, 3.8) is 0 Å². The van der Waals surface area contributed by atoms with Gasteiger partial charge in [-0.05, 0) is 0 Å². The topological polar surface area (TPSA) is 37.3 Å². The third-order valence-electron chi connectivity index (χ3n) is 2.23. The lowest BCUT2D eigenvalue weighted by atomic mass is 10.2. The maximum atomic E-state index is 11.4. The van der Waals surface area contributed by atoms with Gasteiger partial charge in [0.2, 0.25) is 0 Å². The molecule has 0 bridgehead atoms. The van der Waals surface area contributed by atoms with Gasteiger partial charge in [-0.25, -0.2) is 4.79 Å². The number of benzene rings is 1. The highest BCUT2D eigenvalue weighted by atomic mass is 35.5. The Morgan fingerprint density at radius 2 is 1.80 bits per heavy atom. The van der Waals surface area contributed by atoms with Crippen molar-refractivity contribution in [2.75, 3.05) is 20.7 Å². The molecule has 0 radical (unpaired) electrons. The average molecular weight is 230 g/mol. The van der Waals surface area contributed by atoms with Crippen LogP contribution in [0.2, 0.25) is 0 Å². The summed E-state index contributed by atoms with van der Waals surface area (Å²) in [6.07, 6.45) is 0. The van der Waals surface area contributed by atoms with Gasteiger partial charge in [0.15, 0.2) is 6.61 Å². The second kappa shape index (κ2) is 5.85. The summed E-state index contributed by atoms with van der Waals surface area (Å²) < 4.78 is 0.181. The Labute approximate surface area is 96.3 Å². The minimum atomic E-state index is -0.403. The molecule has 3 nitrogen and oxygen atoms in total. The first-order chi connectivity index (χ1) is 6.56. The molecule has 0 saturated carbocycles. The van der Waals surface area contributed by atoms with Gasteiger partial charge in [-0.3, -0.25) is 4.48 Å². The highest BCUT2D eigenvalue weighted by molar-refractivity contribution is 5.69. The highest BCUT2D eigenvalue weighted by Gasteiger charge is 2.25. The fraction of sp³-hybridized carbons (Fsp3) is 0.364. The zero-order chi connectivity index (χ0) is 10.6. The van der Waals surface area contributed by atoms with Crippen molar-refractivity contribution in [1.82, 2.24) is 0 Å². The predicted molar refractivity (Wildman–Crippen MR) is 54.3 cm³/mol. The van der Waals surface area contributed by atoms with Crippen molar-refractivity contribution >= 4 is 5.91 Å². The second-order valence-corrected chi connectivity index (χ2v) is 3.88. The van der Waals surface area contributed by atoms with Gasteiger partial charge in [0.25, 0.3) is 0 Å². The summed E-state index contributed by atoms with van der Waals surface area (Å²) in [4.78, 5) is 11.4. The number of rotatable bonds is 3. The number of halogens is 1. The first kappa shape index (κ1) is 14.1. The van der Waals surface area contributed by atoms with E-state index in [9.17, 15) is 4.79 Å². The number of carbonyl (C=O) groups is 1. The van der Waals surface area contributed by atoms with Gasteiger partial charge >= 0.3 is 5.91 Å². The van der Waals surface area contributed by atoms with Crippen LogP contribution in [-0.4, -0.2) is 36.2 Å². The van der Waals surface area contributed by atoms with Crippen LogP contribution in [0.4, 0.5) is 0 Å². The molecule has 1 aromatic carbocycles. The zero-order valence-electron chi connectivity index (χ0n) is 8.98. The van der Waals surface area contributed by atoms with Crippen LogP contribution in [0.5, 0.6) is 0 Å². The molecule has 0 aromatic heterocycles. The number of nitrogens with zero attached hydrogens (tertiary/aromatic N) is 1. The van der Waals surface area contributed by atoms with Crippen molar-refractivity contribution in [2.24, 2.45) is 0 Å². The van der Waals surface area contributed by atoms with E-state index >= 15 is 0 Å². The van der Waals surface area contributed by atoms with Crippen LogP contribution < -0.4 is 12.4 Å².